The Bertz CT molecular complexity index is 184. The standard InChI is InChI=1S/C10H20O2Si/c1-13(2,3)9-5-4-8-12-10(11)7-6-9/h9H,4-8H2,1-3H3. The molecule has 76 valence electrons. The lowest BCUT2D eigenvalue weighted by Crippen LogP contribution is -2.30. The van der Waals surface area contributed by atoms with Gasteiger partial charge in [0.05, 0.1) is 6.61 Å². The van der Waals surface area contributed by atoms with E-state index >= 15 is 0 Å². The van der Waals surface area contributed by atoms with Gasteiger partial charge in [0.25, 0.3) is 0 Å². The van der Waals surface area contributed by atoms with E-state index in [1.165, 1.54) is 6.42 Å². The van der Waals surface area contributed by atoms with Gasteiger partial charge in [0, 0.05) is 14.5 Å². The summed E-state index contributed by atoms with van der Waals surface area (Å²) in [4.78, 5) is 11.1. The van der Waals surface area contributed by atoms with Crippen molar-refractivity contribution < 1.29 is 9.53 Å². The first kappa shape index (κ1) is 10.8. The van der Waals surface area contributed by atoms with Crippen molar-refractivity contribution in [1.29, 1.82) is 0 Å². The van der Waals surface area contributed by atoms with Gasteiger partial charge in [-0.1, -0.05) is 19.6 Å². The van der Waals surface area contributed by atoms with E-state index in [4.69, 9.17) is 4.74 Å². The van der Waals surface area contributed by atoms with Gasteiger partial charge in [-0.2, -0.15) is 0 Å². The van der Waals surface area contributed by atoms with E-state index in [0.717, 1.165) is 18.4 Å². The van der Waals surface area contributed by atoms with Crippen LogP contribution in [0.15, 0.2) is 0 Å². The molecule has 1 unspecified atom stereocenters. The van der Waals surface area contributed by atoms with E-state index < -0.39 is 8.07 Å². The lowest BCUT2D eigenvalue weighted by molar-refractivity contribution is -0.144. The lowest BCUT2D eigenvalue weighted by Gasteiger charge is -2.30. The smallest absolute Gasteiger partial charge is 0.305 e. The Hall–Kier alpha value is -0.313. The molecule has 0 aliphatic carbocycles. The number of carbonyl (C=O) groups is 1. The van der Waals surface area contributed by atoms with Crippen LogP contribution < -0.4 is 0 Å². The van der Waals surface area contributed by atoms with Crippen molar-refractivity contribution in [2.45, 2.75) is 50.9 Å². The maximum atomic E-state index is 11.1. The lowest BCUT2D eigenvalue weighted by atomic mass is 10.1. The van der Waals surface area contributed by atoms with Crippen molar-refractivity contribution in [2.75, 3.05) is 6.61 Å². The molecule has 0 aromatic rings. The van der Waals surface area contributed by atoms with Crippen LogP contribution in [0.2, 0.25) is 25.2 Å². The molecule has 0 radical (unpaired) electrons. The first-order valence-electron chi connectivity index (χ1n) is 5.16. The van der Waals surface area contributed by atoms with E-state index in [-0.39, 0.29) is 5.97 Å². The molecular weight excluding hydrogens is 180 g/mol. The molecule has 13 heavy (non-hydrogen) atoms. The molecule has 1 saturated heterocycles. The summed E-state index contributed by atoms with van der Waals surface area (Å²) in [6.07, 6.45) is 3.99. The van der Waals surface area contributed by atoms with Crippen LogP contribution in [0.1, 0.15) is 25.7 Å². The zero-order valence-electron chi connectivity index (χ0n) is 8.93. The highest BCUT2D eigenvalue weighted by Gasteiger charge is 2.27. The van der Waals surface area contributed by atoms with Gasteiger partial charge < -0.3 is 4.74 Å². The molecule has 1 rings (SSSR count). The number of esters is 1. The predicted octanol–water partition coefficient (Wildman–Crippen LogP) is 2.81. The fraction of sp³-hybridized carbons (Fsp3) is 0.900. The highest BCUT2D eigenvalue weighted by atomic mass is 28.3. The normalized spacial score (nSPS) is 26.1. The molecule has 0 aromatic carbocycles. The minimum Gasteiger partial charge on any atom is -0.466 e. The van der Waals surface area contributed by atoms with Gasteiger partial charge in [0.2, 0.25) is 0 Å². The van der Waals surface area contributed by atoms with Crippen molar-refractivity contribution in [3.05, 3.63) is 0 Å². The number of ether oxygens (including phenoxy) is 1. The van der Waals surface area contributed by atoms with Crippen molar-refractivity contribution in [2.24, 2.45) is 0 Å². The van der Waals surface area contributed by atoms with E-state index in [1.54, 1.807) is 0 Å². The third kappa shape index (κ3) is 3.51. The summed E-state index contributed by atoms with van der Waals surface area (Å²) in [5, 5.41) is 0. The first-order valence-corrected chi connectivity index (χ1v) is 8.73. The van der Waals surface area contributed by atoms with Crippen LogP contribution in [0.5, 0.6) is 0 Å². The second-order valence-electron chi connectivity index (χ2n) is 4.96. The molecule has 0 amide bonds. The Kier molecular flexibility index (Phi) is 3.53. The fourth-order valence-corrected chi connectivity index (χ4v) is 3.97. The van der Waals surface area contributed by atoms with Gasteiger partial charge in [-0.3, -0.25) is 4.79 Å². The summed E-state index contributed by atoms with van der Waals surface area (Å²) in [5.74, 6) is 0.00273. The Morgan fingerprint density at radius 2 is 2.00 bits per heavy atom. The highest BCUT2D eigenvalue weighted by Crippen LogP contribution is 2.32. The van der Waals surface area contributed by atoms with Gasteiger partial charge >= 0.3 is 5.97 Å². The minimum absolute atomic E-state index is 0.00273. The summed E-state index contributed by atoms with van der Waals surface area (Å²) >= 11 is 0. The summed E-state index contributed by atoms with van der Waals surface area (Å²) in [6, 6.07) is 0. The topological polar surface area (TPSA) is 26.3 Å². The van der Waals surface area contributed by atoms with Crippen LogP contribution in [-0.2, 0) is 9.53 Å². The molecule has 1 fully saturated rings. The number of hydrogen-bond acceptors (Lipinski definition) is 2. The Labute approximate surface area is 81.7 Å². The van der Waals surface area contributed by atoms with Crippen LogP contribution >= 0.6 is 0 Å². The van der Waals surface area contributed by atoms with E-state index in [2.05, 4.69) is 19.6 Å². The van der Waals surface area contributed by atoms with E-state index in [9.17, 15) is 4.79 Å². The summed E-state index contributed by atoms with van der Waals surface area (Å²) < 4.78 is 5.02. The maximum absolute atomic E-state index is 11.1. The Morgan fingerprint density at radius 3 is 2.62 bits per heavy atom. The minimum atomic E-state index is -1.05. The monoisotopic (exact) mass is 200 g/mol. The van der Waals surface area contributed by atoms with Crippen LogP contribution in [0.4, 0.5) is 0 Å². The Morgan fingerprint density at radius 1 is 1.31 bits per heavy atom. The van der Waals surface area contributed by atoms with Crippen molar-refractivity contribution in [1.82, 2.24) is 0 Å². The van der Waals surface area contributed by atoms with Crippen LogP contribution in [0.3, 0.4) is 0 Å². The summed E-state index contributed by atoms with van der Waals surface area (Å²) in [5.41, 5.74) is 0.806. The SMILES string of the molecule is C[Si](C)(C)C1CCCOC(=O)CC1. The molecule has 1 heterocycles. The quantitative estimate of drug-likeness (QED) is 0.480. The van der Waals surface area contributed by atoms with Crippen molar-refractivity contribution >= 4 is 14.0 Å². The molecule has 0 spiro atoms. The third-order valence-electron chi connectivity index (χ3n) is 2.88. The third-order valence-corrected chi connectivity index (χ3v) is 5.91. The molecule has 1 atom stereocenters. The number of hydrogen-bond donors (Lipinski definition) is 0. The van der Waals surface area contributed by atoms with Crippen molar-refractivity contribution in [3.63, 3.8) is 0 Å². The predicted molar refractivity (Wildman–Crippen MR) is 56.5 cm³/mol. The van der Waals surface area contributed by atoms with Gasteiger partial charge in [0.1, 0.15) is 0 Å². The molecule has 1 aliphatic rings. The molecule has 0 saturated carbocycles. The molecule has 0 aromatic heterocycles. The number of cyclic esters (lactones) is 1. The van der Waals surface area contributed by atoms with Crippen LogP contribution in [-0.4, -0.2) is 20.7 Å². The summed E-state index contributed by atoms with van der Waals surface area (Å²) in [7, 11) is -1.05. The molecule has 3 heteroatoms. The van der Waals surface area contributed by atoms with Gasteiger partial charge in [-0.15, -0.1) is 0 Å². The van der Waals surface area contributed by atoms with Crippen LogP contribution in [0, 0.1) is 0 Å². The second-order valence-corrected chi connectivity index (χ2v) is 10.5. The molecule has 0 N–H and O–H groups in total. The summed E-state index contributed by atoms with van der Waals surface area (Å²) in [6.45, 7) is 7.82. The zero-order chi connectivity index (χ0) is 9.90. The second kappa shape index (κ2) is 4.27. The molecular formula is C10H20O2Si. The van der Waals surface area contributed by atoms with Gasteiger partial charge in [0.15, 0.2) is 0 Å². The molecule has 2 nitrogen and oxygen atoms in total. The molecule has 0 bridgehead atoms. The maximum Gasteiger partial charge on any atom is 0.305 e. The zero-order valence-corrected chi connectivity index (χ0v) is 9.93. The van der Waals surface area contributed by atoms with Crippen LogP contribution in [0.25, 0.3) is 0 Å². The highest BCUT2D eigenvalue weighted by molar-refractivity contribution is 6.77. The largest absolute Gasteiger partial charge is 0.466 e. The molecule has 1 aliphatic heterocycles. The van der Waals surface area contributed by atoms with E-state index in [0.29, 0.717) is 13.0 Å². The Balaban J connectivity index is 2.50. The first-order chi connectivity index (χ1) is 6.00. The number of carbonyl (C=O) groups excluding carboxylic acids is 1. The van der Waals surface area contributed by atoms with Gasteiger partial charge in [-0.05, 0) is 24.8 Å². The average molecular weight is 200 g/mol. The fourth-order valence-electron chi connectivity index (χ4n) is 1.89. The van der Waals surface area contributed by atoms with Gasteiger partial charge in [-0.25, -0.2) is 0 Å². The average Bonchev–Trinajstić information content (AvgIpc) is 1.94. The van der Waals surface area contributed by atoms with Crippen molar-refractivity contribution in [3.8, 4) is 0 Å². The number of rotatable bonds is 1. The van der Waals surface area contributed by atoms with E-state index in [1.807, 2.05) is 0 Å².